The predicted octanol–water partition coefficient (Wildman–Crippen LogP) is 0.286. The fourth-order valence-corrected chi connectivity index (χ4v) is 3.94. The topological polar surface area (TPSA) is 140 Å². The molecule has 0 bridgehead atoms. The van der Waals surface area contributed by atoms with Crippen LogP contribution in [0.2, 0.25) is 0 Å². The zero-order valence-corrected chi connectivity index (χ0v) is 15.6. The number of ether oxygens (including phenoxy) is 1. The number of rotatable bonds is 4. The number of benzene rings is 1. The molecule has 0 radical (unpaired) electrons. The van der Waals surface area contributed by atoms with Gasteiger partial charge in [-0.15, -0.1) is 0 Å². The first-order valence-corrected chi connectivity index (χ1v) is 9.05. The van der Waals surface area contributed by atoms with Crippen LogP contribution in [0.1, 0.15) is 24.0 Å². The van der Waals surface area contributed by atoms with Gasteiger partial charge in [0.05, 0.1) is 12.9 Å². The van der Waals surface area contributed by atoms with Crippen molar-refractivity contribution in [3.8, 4) is 0 Å². The van der Waals surface area contributed by atoms with Gasteiger partial charge in [-0.25, -0.2) is 15.0 Å². The van der Waals surface area contributed by atoms with Gasteiger partial charge in [-0.05, 0) is 12.5 Å². The quantitative estimate of drug-likeness (QED) is 0.502. The molecule has 3 aromatic rings. The minimum atomic E-state index is -1.45. The van der Waals surface area contributed by atoms with E-state index >= 15 is 0 Å². The Hall–Kier alpha value is -2.59. The van der Waals surface area contributed by atoms with Gasteiger partial charge < -0.3 is 25.8 Å². The summed E-state index contributed by atoms with van der Waals surface area (Å²) in [5.41, 5.74) is 7.19. The first-order valence-electron chi connectivity index (χ1n) is 9.05. The van der Waals surface area contributed by atoms with Crippen LogP contribution in [0, 0.1) is 6.92 Å². The van der Waals surface area contributed by atoms with Gasteiger partial charge in [0.25, 0.3) is 0 Å². The molecule has 2 aromatic heterocycles. The smallest absolute Gasteiger partial charge is 0.183 e. The van der Waals surface area contributed by atoms with E-state index in [2.05, 4.69) is 15.0 Å². The lowest BCUT2D eigenvalue weighted by molar-refractivity contribution is -0.159. The van der Waals surface area contributed by atoms with Gasteiger partial charge in [0.1, 0.15) is 30.2 Å². The second-order valence-electron chi connectivity index (χ2n) is 7.20. The van der Waals surface area contributed by atoms with E-state index in [0.29, 0.717) is 11.2 Å². The van der Waals surface area contributed by atoms with Crippen LogP contribution >= 0.6 is 0 Å². The summed E-state index contributed by atoms with van der Waals surface area (Å²) in [5.74, 6) is -0.212. The average Bonchev–Trinajstić information content (AvgIpc) is 3.24. The Balaban J connectivity index is 1.94. The van der Waals surface area contributed by atoms with Crippen LogP contribution in [0.3, 0.4) is 0 Å². The lowest BCUT2D eigenvalue weighted by Gasteiger charge is -2.39. The van der Waals surface area contributed by atoms with Crippen molar-refractivity contribution in [1.82, 2.24) is 19.5 Å². The summed E-state index contributed by atoms with van der Waals surface area (Å²) in [4.78, 5) is 12.5. The lowest BCUT2D eigenvalue weighted by atomic mass is 9.84. The van der Waals surface area contributed by atoms with Crippen LogP contribution in [0.5, 0.6) is 0 Å². The molecule has 0 aliphatic carbocycles. The molecular formula is C19H23N5O4. The summed E-state index contributed by atoms with van der Waals surface area (Å²) < 4.78 is 7.71. The Kier molecular flexibility index (Phi) is 4.54. The van der Waals surface area contributed by atoms with Gasteiger partial charge in [-0.3, -0.25) is 4.57 Å². The van der Waals surface area contributed by atoms with E-state index < -0.39 is 36.6 Å². The summed E-state index contributed by atoms with van der Waals surface area (Å²) in [7, 11) is 0. The molecule has 0 saturated carbocycles. The fourth-order valence-electron chi connectivity index (χ4n) is 3.94. The van der Waals surface area contributed by atoms with Crippen molar-refractivity contribution in [2.75, 3.05) is 12.3 Å². The number of hydrogen-bond acceptors (Lipinski definition) is 8. The van der Waals surface area contributed by atoms with Gasteiger partial charge in [0.15, 0.2) is 17.2 Å². The van der Waals surface area contributed by atoms with Gasteiger partial charge in [0.2, 0.25) is 0 Å². The highest BCUT2D eigenvalue weighted by Crippen LogP contribution is 2.47. The predicted molar refractivity (Wildman–Crippen MR) is 101 cm³/mol. The zero-order valence-electron chi connectivity index (χ0n) is 15.6. The molecule has 9 heteroatoms. The molecule has 5 atom stereocenters. The highest BCUT2D eigenvalue weighted by atomic mass is 16.6. The standard InChI is InChI=1S/C19H23N5O4/c1-10-3-5-12(6-4-10)11(2)19(16(27)15(26)13(7-25)28-19)24-9-23-14-17(20)21-8-22-18(14)24/h3-6,8-9,11,13,15-16,25-27H,7H2,1-2H3,(H2,20,21,22)/t11-,13-,15-,16-,19-/m1/s1. The summed E-state index contributed by atoms with van der Waals surface area (Å²) in [5, 5.41) is 31.3. The van der Waals surface area contributed by atoms with Crippen LogP contribution in [-0.4, -0.2) is 59.8 Å². The molecule has 3 heterocycles. The van der Waals surface area contributed by atoms with Gasteiger partial charge >= 0.3 is 0 Å². The maximum atomic E-state index is 11.1. The molecule has 1 aromatic carbocycles. The third-order valence-electron chi connectivity index (χ3n) is 5.58. The molecule has 0 unspecified atom stereocenters. The molecule has 5 N–H and O–H groups in total. The third kappa shape index (κ3) is 2.59. The van der Waals surface area contributed by atoms with Crippen LogP contribution in [0.4, 0.5) is 5.82 Å². The van der Waals surface area contributed by atoms with Crippen LogP contribution in [0.15, 0.2) is 36.9 Å². The first kappa shape index (κ1) is 18.8. The summed E-state index contributed by atoms with van der Waals surface area (Å²) in [6.07, 6.45) is -0.805. The summed E-state index contributed by atoms with van der Waals surface area (Å²) in [6.45, 7) is 3.43. The van der Waals surface area contributed by atoms with Crippen molar-refractivity contribution in [2.45, 2.75) is 43.8 Å². The molecule has 0 amide bonds. The molecule has 28 heavy (non-hydrogen) atoms. The molecule has 0 spiro atoms. The minimum Gasteiger partial charge on any atom is -0.394 e. The number of nitrogen functional groups attached to an aromatic ring is 1. The highest BCUT2D eigenvalue weighted by Gasteiger charge is 2.59. The van der Waals surface area contributed by atoms with E-state index in [0.717, 1.165) is 11.1 Å². The van der Waals surface area contributed by atoms with E-state index in [4.69, 9.17) is 10.5 Å². The molecular weight excluding hydrogens is 362 g/mol. The maximum absolute atomic E-state index is 11.1. The van der Waals surface area contributed by atoms with E-state index in [-0.39, 0.29) is 5.82 Å². The summed E-state index contributed by atoms with van der Waals surface area (Å²) in [6, 6.07) is 7.82. The normalized spacial score (nSPS) is 28.7. The molecule has 1 saturated heterocycles. The van der Waals surface area contributed by atoms with E-state index in [9.17, 15) is 15.3 Å². The fraction of sp³-hybridized carbons (Fsp3) is 0.421. The molecule has 1 fully saturated rings. The Morgan fingerprint density at radius 3 is 2.57 bits per heavy atom. The van der Waals surface area contributed by atoms with Gasteiger partial charge in [0, 0.05) is 5.92 Å². The second-order valence-corrected chi connectivity index (χ2v) is 7.20. The van der Waals surface area contributed by atoms with Crippen molar-refractivity contribution in [3.63, 3.8) is 0 Å². The third-order valence-corrected chi connectivity index (χ3v) is 5.58. The van der Waals surface area contributed by atoms with Crippen molar-refractivity contribution < 1.29 is 20.1 Å². The largest absolute Gasteiger partial charge is 0.394 e. The lowest BCUT2D eigenvalue weighted by Crippen LogP contribution is -2.49. The number of nitrogens with two attached hydrogens (primary N) is 1. The van der Waals surface area contributed by atoms with Crippen LogP contribution in [-0.2, 0) is 10.5 Å². The van der Waals surface area contributed by atoms with Crippen LogP contribution in [0.25, 0.3) is 11.2 Å². The Bertz CT molecular complexity index is 992. The van der Waals surface area contributed by atoms with Gasteiger partial charge in [-0.2, -0.15) is 0 Å². The number of hydrogen-bond donors (Lipinski definition) is 4. The molecule has 148 valence electrons. The zero-order chi connectivity index (χ0) is 20.1. The number of aryl methyl sites for hydroxylation is 1. The Morgan fingerprint density at radius 1 is 1.21 bits per heavy atom. The first-order chi connectivity index (χ1) is 13.4. The van der Waals surface area contributed by atoms with Crippen molar-refractivity contribution in [1.29, 1.82) is 0 Å². The van der Waals surface area contributed by atoms with E-state index in [1.807, 2.05) is 38.1 Å². The Morgan fingerprint density at radius 2 is 1.93 bits per heavy atom. The second kappa shape index (κ2) is 6.78. The number of aliphatic hydroxyl groups is 3. The number of aromatic nitrogens is 4. The van der Waals surface area contributed by atoms with Crippen molar-refractivity contribution in [3.05, 3.63) is 48.0 Å². The highest BCUT2D eigenvalue weighted by molar-refractivity contribution is 5.81. The molecule has 1 aliphatic heterocycles. The van der Waals surface area contributed by atoms with Crippen LogP contribution < -0.4 is 5.73 Å². The number of imidazole rings is 1. The molecule has 4 rings (SSSR count). The number of nitrogens with zero attached hydrogens (tertiary/aromatic N) is 4. The maximum Gasteiger partial charge on any atom is 0.183 e. The Labute approximate surface area is 161 Å². The number of anilines is 1. The molecule has 9 nitrogen and oxygen atoms in total. The molecule has 1 aliphatic rings. The average molecular weight is 385 g/mol. The monoisotopic (exact) mass is 385 g/mol. The van der Waals surface area contributed by atoms with Crippen molar-refractivity contribution in [2.24, 2.45) is 0 Å². The van der Waals surface area contributed by atoms with Crippen molar-refractivity contribution >= 4 is 17.0 Å². The number of aliphatic hydroxyl groups excluding tert-OH is 3. The van der Waals surface area contributed by atoms with E-state index in [1.165, 1.54) is 12.7 Å². The SMILES string of the molecule is Cc1ccc([C@@H](C)[C@@]2(n3cnc4c(N)ncnc43)O[C@H](CO)[C@@H](O)[C@H]2O)cc1. The minimum absolute atomic E-state index is 0.202. The van der Waals surface area contributed by atoms with E-state index in [1.54, 1.807) is 4.57 Å². The summed E-state index contributed by atoms with van der Waals surface area (Å²) >= 11 is 0. The van der Waals surface area contributed by atoms with Gasteiger partial charge in [-0.1, -0.05) is 36.8 Å². The number of fused-ring (bicyclic) bond motifs is 1.